The molecule has 0 aliphatic rings. The van der Waals surface area contributed by atoms with Gasteiger partial charge in [-0.15, -0.1) is 0 Å². The van der Waals surface area contributed by atoms with Gasteiger partial charge in [0.05, 0.1) is 0 Å². The number of nitrogens with two attached hydrogens (primary N) is 1. The molecule has 0 aromatic heterocycles. The van der Waals surface area contributed by atoms with Gasteiger partial charge in [-0.05, 0) is 38.1 Å². The molecular weight excluding hydrogens is 264 g/mol. The highest BCUT2D eigenvalue weighted by Gasteiger charge is 2.02. The highest BCUT2D eigenvalue weighted by atomic mass is 16.5. The van der Waals surface area contributed by atoms with Crippen LogP contribution in [-0.4, -0.2) is 12.0 Å². The van der Waals surface area contributed by atoms with E-state index in [0.29, 0.717) is 5.96 Å². The Morgan fingerprint density at radius 1 is 1.05 bits per heavy atom. The number of hydrogen-bond acceptors (Lipinski definition) is 3. The standard InChI is InChI=1S/C16H20N4O/c1-12(2)18-16(20-17)19-13-7-6-10-15(11-13)21-14-8-4-3-5-9-14/h3-12H,17H2,1-2H3,(H2,18,19,20). The van der Waals surface area contributed by atoms with Gasteiger partial charge in [-0.2, -0.15) is 0 Å². The van der Waals surface area contributed by atoms with Gasteiger partial charge in [0.15, 0.2) is 0 Å². The minimum Gasteiger partial charge on any atom is -0.457 e. The lowest BCUT2D eigenvalue weighted by molar-refractivity contribution is 0.483. The SMILES string of the molecule is CC(C)N=C(NN)Nc1cccc(Oc2ccccc2)c1. The van der Waals surface area contributed by atoms with Crippen LogP contribution in [0.15, 0.2) is 59.6 Å². The minimum absolute atomic E-state index is 0.146. The van der Waals surface area contributed by atoms with E-state index >= 15 is 0 Å². The molecule has 21 heavy (non-hydrogen) atoms. The number of ether oxygens (including phenoxy) is 1. The molecule has 0 saturated heterocycles. The normalized spacial score (nSPS) is 11.3. The maximum atomic E-state index is 5.78. The molecule has 2 aromatic carbocycles. The molecule has 2 aromatic rings. The highest BCUT2D eigenvalue weighted by Crippen LogP contribution is 2.23. The lowest BCUT2D eigenvalue weighted by Crippen LogP contribution is -2.36. The largest absolute Gasteiger partial charge is 0.457 e. The van der Waals surface area contributed by atoms with E-state index in [1.807, 2.05) is 68.4 Å². The Balaban J connectivity index is 2.10. The molecule has 4 N–H and O–H groups in total. The second kappa shape index (κ2) is 7.31. The summed E-state index contributed by atoms with van der Waals surface area (Å²) >= 11 is 0. The second-order valence-corrected chi connectivity index (χ2v) is 4.78. The molecule has 2 rings (SSSR count). The molecule has 0 fully saturated rings. The van der Waals surface area contributed by atoms with Gasteiger partial charge in [-0.1, -0.05) is 24.3 Å². The zero-order valence-electron chi connectivity index (χ0n) is 12.2. The maximum absolute atomic E-state index is 5.78. The summed E-state index contributed by atoms with van der Waals surface area (Å²) in [5.74, 6) is 7.51. The van der Waals surface area contributed by atoms with E-state index in [-0.39, 0.29) is 6.04 Å². The van der Waals surface area contributed by atoms with Crippen molar-refractivity contribution < 1.29 is 4.74 Å². The van der Waals surface area contributed by atoms with Gasteiger partial charge in [0.25, 0.3) is 0 Å². The Morgan fingerprint density at radius 3 is 2.43 bits per heavy atom. The van der Waals surface area contributed by atoms with Crippen LogP contribution in [-0.2, 0) is 0 Å². The van der Waals surface area contributed by atoms with Crippen molar-refractivity contribution in [2.75, 3.05) is 5.32 Å². The molecule has 0 radical (unpaired) electrons. The zero-order valence-corrected chi connectivity index (χ0v) is 12.2. The predicted molar refractivity (Wildman–Crippen MR) is 86.5 cm³/mol. The number of rotatable bonds is 4. The van der Waals surface area contributed by atoms with Crippen LogP contribution < -0.4 is 21.3 Å². The van der Waals surface area contributed by atoms with Crippen LogP contribution in [0.4, 0.5) is 5.69 Å². The molecule has 5 nitrogen and oxygen atoms in total. The first-order valence-electron chi connectivity index (χ1n) is 6.82. The van der Waals surface area contributed by atoms with Crippen molar-refractivity contribution in [1.82, 2.24) is 5.43 Å². The Kier molecular flexibility index (Phi) is 5.17. The molecule has 0 aliphatic carbocycles. The summed E-state index contributed by atoms with van der Waals surface area (Å²) in [6.07, 6.45) is 0. The quantitative estimate of drug-likeness (QED) is 0.349. The summed E-state index contributed by atoms with van der Waals surface area (Å²) in [4.78, 5) is 4.33. The molecule has 0 aliphatic heterocycles. The summed E-state index contributed by atoms with van der Waals surface area (Å²) in [5.41, 5.74) is 3.40. The van der Waals surface area contributed by atoms with Crippen LogP contribution in [0.25, 0.3) is 0 Å². The number of aliphatic imine (C=N–C) groups is 1. The fourth-order valence-corrected chi connectivity index (χ4v) is 1.76. The molecule has 0 atom stereocenters. The van der Waals surface area contributed by atoms with Crippen LogP contribution in [0.1, 0.15) is 13.8 Å². The van der Waals surface area contributed by atoms with Gasteiger partial charge >= 0.3 is 0 Å². The first kappa shape index (κ1) is 14.9. The molecule has 0 heterocycles. The van der Waals surface area contributed by atoms with E-state index in [1.165, 1.54) is 0 Å². The molecule has 110 valence electrons. The van der Waals surface area contributed by atoms with E-state index in [9.17, 15) is 0 Å². The molecule has 5 heteroatoms. The van der Waals surface area contributed by atoms with Gasteiger partial charge in [-0.3, -0.25) is 5.43 Å². The van der Waals surface area contributed by atoms with E-state index in [2.05, 4.69) is 15.7 Å². The van der Waals surface area contributed by atoms with E-state index in [1.54, 1.807) is 0 Å². The third-order valence-electron chi connectivity index (χ3n) is 2.60. The third-order valence-corrected chi connectivity index (χ3v) is 2.60. The molecule has 0 unspecified atom stereocenters. The lowest BCUT2D eigenvalue weighted by atomic mass is 10.3. The van der Waals surface area contributed by atoms with Crippen LogP contribution in [0.2, 0.25) is 0 Å². The number of benzene rings is 2. The zero-order chi connectivity index (χ0) is 15.1. The first-order valence-corrected chi connectivity index (χ1v) is 6.82. The highest BCUT2D eigenvalue weighted by molar-refractivity contribution is 5.93. The first-order chi connectivity index (χ1) is 10.2. The number of anilines is 1. The maximum Gasteiger partial charge on any atom is 0.210 e. The van der Waals surface area contributed by atoms with Crippen molar-refractivity contribution in [3.8, 4) is 11.5 Å². The Hall–Kier alpha value is -2.53. The molecule has 0 bridgehead atoms. The molecule has 0 spiro atoms. The number of para-hydroxylation sites is 1. The number of guanidine groups is 1. The van der Waals surface area contributed by atoms with Crippen molar-refractivity contribution >= 4 is 11.6 Å². The van der Waals surface area contributed by atoms with Crippen LogP contribution in [0.5, 0.6) is 11.5 Å². The Morgan fingerprint density at radius 2 is 1.76 bits per heavy atom. The van der Waals surface area contributed by atoms with Crippen LogP contribution >= 0.6 is 0 Å². The Bertz CT molecular complexity index is 596. The average molecular weight is 284 g/mol. The molecule has 0 amide bonds. The fraction of sp³-hybridized carbons (Fsp3) is 0.188. The van der Waals surface area contributed by atoms with E-state index in [0.717, 1.165) is 17.2 Å². The van der Waals surface area contributed by atoms with Gasteiger partial charge in [0.2, 0.25) is 5.96 Å². The smallest absolute Gasteiger partial charge is 0.210 e. The summed E-state index contributed by atoms with van der Waals surface area (Å²) in [6.45, 7) is 3.96. The number of nitrogens with one attached hydrogen (secondary N) is 2. The molecular formula is C16H20N4O. The lowest BCUT2D eigenvalue weighted by Gasteiger charge is -2.12. The van der Waals surface area contributed by atoms with Gasteiger partial charge in [-0.25, -0.2) is 10.8 Å². The molecule has 0 saturated carbocycles. The van der Waals surface area contributed by atoms with Crippen molar-refractivity contribution in [1.29, 1.82) is 0 Å². The summed E-state index contributed by atoms with van der Waals surface area (Å²) in [6, 6.07) is 17.4. The van der Waals surface area contributed by atoms with E-state index < -0.39 is 0 Å². The number of nitrogens with zero attached hydrogens (tertiary/aromatic N) is 1. The second-order valence-electron chi connectivity index (χ2n) is 4.78. The van der Waals surface area contributed by atoms with Gasteiger partial charge in [0, 0.05) is 17.8 Å². The van der Waals surface area contributed by atoms with Gasteiger partial charge in [0.1, 0.15) is 11.5 Å². The summed E-state index contributed by atoms with van der Waals surface area (Å²) < 4.78 is 5.78. The summed E-state index contributed by atoms with van der Waals surface area (Å²) in [7, 11) is 0. The van der Waals surface area contributed by atoms with E-state index in [4.69, 9.17) is 10.6 Å². The number of hydrazine groups is 1. The average Bonchev–Trinajstić information content (AvgIpc) is 2.47. The van der Waals surface area contributed by atoms with Crippen molar-refractivity contribution in [3.63, 3.8) is 0 Å². The summed E-state index contributed by atoms with van der Waals surface area (Å²) in [5, 5.41) is 3.12. The van der Waals surface area contributed by atoms with Crippen molar-refractivity contribution in [2.45, 2.75) is 19.9 Å². The third kappa shape index (κ3) is 4.81. The van der Waals surface area contributed by atoms with Crippen LogP contribution in [0, 0.1) is 0 Å². The topological polar surface area (TPSA) is 71.7 Å². The fourth-order valence-electron chi connectivity index (χ4n) is 1.76. The Labute approximate surface area is 124 Å². The van der Waals surface area contributed by atoms with Gasteiger partial charge < -0.3 is 10.1 Å². The van der Waals surface area contributed by atoms with Crippen molar-refractivity contribution in [2.24, 2.45) is 10.8 Å². The van der Waals surface area contributed by atoms with Crippen LogP contribution in [0.3, 0.4) is 0 Å². The predicted octanol–water partition coefficient (Wildman–Crippen LogP) is 3.12. The monoisotopic (exact) mass is 284 g/mol. The number of hydrogen-bond donors (Lipinski definition) is 3. The minimum atomic E-state index is 0.146. The van der Waals surface area contributed by atoms with Crippen molar-refractivity contribution in [3.05, 3.63) is 54.6 Å².